The van der Waals surface area contributed by atoms with Gasteiger partial charge in [-0.25, -0.2) is 4.79 Å². The molecule has 1 unspecified atom stereocenters. The van der Waals surface area contributed by atoms with E-state index in [0.29, 0.717) is 12.0 Å². The molecule has 32 heavy (non-hydrogen) atoms. The lowest BCUT2D eigenvalue weighted by atomic mass is 10.0. The predicted molar refractivity (Wildman–Crippen MR) is 134 cm³/mol. The third kappa shape index (κ3) is 5.77. The van der Waals surface area contributed by atoms with Gasteiger partial charge in [0.2, 0.25) is 0 Å². The highest BCUT2D eigenvalue weighted by molar-refractivity contribution is 7.22. The van der Waals surface area contributed by atoms with E-state index in [1.807, 2.05) is 33.0 Å². The molecule has 0 aliphatic carbocycles. The molecule has 0 saturated carbocycles. The van der Waals surface area contributed by atoms with Crippen LogP contribution in [0, 0.1) is 0 Å². The molecule has 2 aromatic heterocycles. The second kappa shape index (κ2) is 9.86. The van der Waals surface area contributed by atoms with Crippen LogP contribution in [0.3, 0.4) is 0 Å². The third-order valence-electron chi connectivity index (χ3n) is 5.38. The average Bonchev–Trinajstić information content (AvgIpc) is 3.15. The second-order valence-electron chi connectivity index (χ2n) is 8.91. The second-order valence-corrected chi connectivity index (χ2v) is 10.00. The fourth-order valence-corrected chi connectivity index (χ4v) is 4.95. The molecule has 0 aliphatic heterocycles. The Kier molecular flexibility index (Phi) is 7.40. The lowest BCUT2D eigenvalue weighted by molar-refractivity contribution is -0.153. The van der Waals surface area contributed by atoms with Gasteiger partial charge in [0, 0.05) is 39.0 Å². The monoisotopic (exact) mass is 451 g/mol. The van der Waals surface area contributed by atoms with Gasteiger partial charge in [0.1, 0.15) is 11.4 Å². The Bertz CT molecular complexity index is 1130. The molecule has 0 radical (unpaired) electrons. The van der Waals surface area contributed by atoms with Crippen LogP contribution in [0.2, 0.25) is 0 Å². The first-order valence-electron chi connectivity index (χ1n) is 11.2. The van der Waals surface area contributed by atoms with Crippen LogP contribution in [0.4, 0.5) is 0 Å². The van der Waals surface area contributed by atoms with Crippen LogP contribution in [-0.4, -0.2) is 22.7 Å². The van der Waals surface area contributed by atoms with E-state index in [0.717, 1.165) is 24.3 Å². The third-order valence-corrected chi connectivity index (χ3v) is 6.51. The van der Waals surface area contributed by atoms with Crippen LogP contribution in [0.25, 0.3) is 20.5 Å². The van der Waals surface area contributed by atoms with E-state index in [-0.39, 0.29) is 12.1 Å². The molecule has 0 amide bonds. The first-order valence-corrected chi connectivity index (χ1v) is 12.0. The Hall–Kier alpha value is -2.66. The predicted octanol–water partition coefficient (Wildman–Crippen LogP) is 7.14. The van der Waals surface area contributed by atoms with Crippen molar-refractivity contribution >= 4 is 27.4 Å². The van der Waals surface area contributed by atoms with Gasteiger partial charge < -0.3 is 9.47 Å². The highest BCUT2D eigenvalue weighted by Gasteiger charge is 2.26. The summed E-state index contributed by atoms with van der Waals surface area (Å²) in [6, 6.07) is 10.6. The van der Waals surface area contributed by atoms with E-state index >= 15 is 0 Å². The molecule has 3 aromatic rings. The normalized spacial score (nSPS) is 12.6. The highest BCUT2D eigenvalue weighted by Crippen LogP contribution is 2.37. The van der Waals surface area contributed by atoms with Crippen molar-refractivity contribution in [3.63, 3.8) is 0 Å². The molecule has 0 fully saturated rings. The zero-order chi connectivity index (χ0) is 23.5. The molecule has 0 saturated heterocycles. The Morgan fingerprint density at radius 2 is 1.94 bits per heavy atom. The molecule has 0 spiro atoms. The number of esters is 1. The zero-order valence-electron chi connectivity index (χ0n) is 20.0. The van der Waals surface area contributed by atoms with Gasteiger partial charge >= 0.3 is 5.97 Å². The number of aryl methyl sites for hydroxylation is 2. The molecule has 1 atom stereocenters. The van der Waals surface area contributed by atoms with Gasteiger partial charge in [0.25, 0.3) is 0 Å². The van der Waals surface area contributed by atoms with E-state index in [1.165, 1.54) is 26.1 Å². The van der Waals surface area contributed by atoms with Gasteiger partial charge in [-0.15, -0.1) is 11.3 Å². The summed E-state index contributed by atoms with van der Waals surface area (Å²) in [5, 5.41) is 1.20. The first-order chi connectivity index (χ1) is 15.1. The minimum Gasteiger partial charge on any atom is -0.491 e. The van der Waals surface area contributed by atoms with Crippen molar-refractivity contribution < 1.29 is 14.3 Å². The van der Waals surface area contributed by atoms with Crippen molar-refractivity contribution in [2.24, 2.45) is 0 Å². The number of thiophene rings is 1. The van der Waals surface area contributed by atoms with Crippen molar-refractivity contribution in [2.75, 3.05) is 0 Å². The number of carbonyl (C=O) groups excluding carboxylic acids is 1. The molecule has 1 aromatic carbocycles. The van der Waals surface area contributed by atoms with Crippen LogP contribution in [0.1, 0.15) is 59.2 Å². The molecule has 0 N–H and O–H groups in total. The number of rotatable bonds is 9. The Balaban J connectivity index is 1.76. The lowest BCUT2D eigenvalue weighted by Gasteiger charge is -2.28. The van der Waals surface area contributed by atoms with Crippen LogP contribution < -0.4 is 4.74 Å². The number of nitrogens with zero attached hydrogens (tertiary/aromatic N) is 1. The van der Waals surface area contributed by atoms with E-state index in [2.05, 4.69) is 49.7 Å². The smallest absolute Gasteiger partial charge is 0.333 e. The maximum absolute atomic E-state index is 11.9. The van der Waals surface area contributed by atoms with Gasteiger partial charge in [-0.05, 0) is 81.8 Å². The number of pyridine rings is 1. The van der Waals surface area contributed by atoms with Gasteiger partial charge in [-0.1, -0.05) is 20.4 Å². The SMILES string of the molecule is C=C(C)C(=O)OC(C)(C)CC(C)Oc1ccc2cc(-c3cnc(CC)cc3CC)sc2c1. The number of aromatic nitrogens is 1. The summed E-state index contributed by atoms with van der Waals surface area (Å²) in [5.74, 6) is 0.443. The molecular formula is C27H33NO3S. The van der Waals surface area contributed by atoms with Crippen molar-refractivity contribution in [1.82, 2.24) is 4.98 Å². The summed E-state index contributed by atoms with van der Waals surface area (Å²) in [7, 11) is 0. The number of carbonyl (C=O) groups is 1. The van der Waals surface area contributed by atoms with Crippen molar-refractivity contribution in [3.05, 3.63) is 59.9 Å². The van der Waals surface area contributed by atoms with Crippen LogP contribution >= 0.6 is 11.3 Å². The summed E-state index contributed by atoms with van der Waals surface area (Å²) in [6.45, 7) is 15.4. The van der Waals surface area contributed by atoms with Crippen LogP contribution in [0.5, 0.6) is 5.75 Å². The standard InChI is InChI=1S/C27H33NO3S/c1-8-19-12-21(9-2)28-16-23(19)25-13-20-10-11-22(14-24(20)32-25)30-18(5)15-27(6,7)31-26(29)17(3)4/h10-14,16,18H,3,8-9,15H2,1-2,4-7H3. The van der Waals surface area contributed by atoms with Gasteiger partial charge in [-0.2, -0.15) is 0 Å². The molecule has 170 valence electrons. The maximum atomic E-state index is 11.9. The van der Waals surface area contributed by atoms with Gasteiger partial charge in [0.05, 0.1) is 6.10 Å². The molecular weight excluding hydrogens is 418 g/mol. The minimum atomic E-state index is -0.635. The maximum Gasteiger partial charge on any atom is 0.333 e. The Morgan fingerprint density at radius 1 is 1.19 bits per heavy atom. The fraction of sp³-hybridized carbons (Fsp3) is 0.407. The molecule has 5 heteroatoms. The van der Waals surface area contributed by atoms with E-state index in [4.69, 9.17) is 9.47 Å². The summed E-state index contributed by atoms with van der Waals surface area (Å²) < 4.78 is 12.9. The van der Waals surface area contributed by atoms with Crippen LogP contribution in [0.15, 0.2) is 48.7 Å². The number of ether oxygens (including phenoxy) is 2. The summed E-state index contributed by atoms with van der Waals surface area (Å²) in [4.78, 5) is 17.7. The average molecular weight is 452 g/mol. The summed E-state index contributed by atoms with van der Waals surface area (Å²) in [5.41, 5.74) is 3.44. The molecule has 0 bridgehead atoms. The minimum absolute atomic E-state index is 0.114. The zero-order valence-corrected chi connectivity index (χ0v) is 20.8. The topological polar surface area (TPSA) is 48.4 Å². The molecule has 4 nitrogen and oxygen atoms in total. The van der Waals surface area contributed by atoms with Crippen molar-refractivity contribution in [3.8, 4) is 16.2 Å². The molecule has 3 rings (SSSR count). The largest absolute Gasteiger partial charge is 0.491 e. The first kappa shape index (κ1) is 24.0. The summed E-state index contributed by atoms with van der Waals surface area (Å²) >= 11 is 1.76. The number of fused-ring (bicyclic) bond motifs is 1. The lowest BCUT2D eigenvalue weighted by Crippen LogP contribution is -2.33. The van der Waals surface area contributed by atoms with Gasteiger partial charge in [-0.3, -0.25) is 4.98 Å². The quantitative estimate of drug-likeness (QED) is 0.256. The van der Waals surface area contributed by atoms with E-state index in [9.17, 15) is 4.79 Å². The van der Waals surface area contributed by atoms with Gasteiger partial charge in [0.15, 0.2) is 0 Å². The van der Waals surface area contributed by atoms with E-state index < -0.39 is 5.60 Å². The van der Waals surface area contributed by atoms with Crippen molar-refractivity contribution in [2.45, 2.75) is 72.5 Å². The Morgan fingerprint density at radius 3 is 2.59 bits per heavy atom. The summed E-state index contributed by atoms with van der Waals surface area (Å²) in [6.07, 6.45) is 4.40. The molecule has 2 heterocycles. The fourth-order valence-electron chi connectivity index (χ4n) is 3.82. The Labute approximate surface area is 195 Å². The molecule has 0 aliphatic rings. The number of hydrogen-bond donors (Lipinski definition) is 0. The van der Waals surface area contributed by atoms with Crippen LogP contribution in [-0.2, 0) is 22.4 Å². The van der Waals surface area contributed by atoms with Crippen molar-refractivity contribution in [1.29, 1.82) is 0 Å². The highest BCUT2D eigenvalue weighted by atomic mass is 32.1. The van der Waals surface area contributed by atoms with E-state index in [1.54, 1.807) is 18.3 Å². The number of benzene rings is 1. The number of hydrogen-bond acceptors (Lipinski definition) is 5.